The molecule has 0 fully saturated rings. The minimum absolute atomic E-state index is 0.131. The topological polar surface area (TPSA) is 104 Å². The van der Waals surface area contributed by atoms with Crippen molar-refractivity contribution in [3.05, 3.63) is 18.2 Å². The number of aliphatic hydroxyl groups is 1. The Labute approximate surface area is 114 Å². The van der Waals surface area contributed by atoms with Crippen LogP contribution < -0.4 is 15.8 Å². The number of nitrogens with two attached hydrogens (primary N) is 1. The third kappa shape index (κ3) is 4.38. The Morgan fingerprint density at radius 2 is 2.11 bits per heavy atom. The minimum atomic E-state index is -3.47. The number of rotatable bonds is 7. The first-order chi connectivity index (χ1) is 8.90. The van der Waals surface area contributed by atoms with Crippen molar-refractivity contribution in [2.45, 2.75) is 30.8 Å². The van der Waals surface area contributed by atoms with E-state index in [-0.39, 0.29) is 11.0 Å². The number of aliphatic hydroxyl groups excluding tert-OH is 1. The van der Waals surface area contributed by atoms with Crippen LogP contribution in [0.2, 0.25) is 0 Å². The summed E-state index contributed by atoms with van der Waals surface area (Å²) in [5.41, 5.74) is 6.83. The van der Waals surface area contributed by atoms with Gasteiger partial charge in [0.15, 0.2) is 0 Å². The molecular formula is C12H21N3O3S. The number of anilines is 2. The molecule has 6 nitrogen and oxygen atoms in total. The van der Waals surface area contributed by atoms with Crippen LogP contribution in [0.25, 0.3) is 0 Å². The molecule has 19 heavy (non-hydrogen) atoms. The van der Waals surface area contributed by atoms with E-state index in [2.05, 4.69) is 10.0 Å². The fourth-order valence-electron chi connectivity index (χ4n) is 1.56. The van der Waals surface area contributed by atoms with Crippen molar-refractivity contribution in [2.24, 2.45) is 0 Å². The second-order valence-corrected chi connectivity index (χ2v) is 6.12. The lowest BCUT2D eigenvalue weighted by atomic mass is 10.2. The van der Waals surface area contributed by atoms with Crippen LogP contribution in [-0.2, 0) is 10.0 Å². The molecule has 1 unspecified atom stereocenters. The molecule has 5 N–H and O–H groups in total. The molecule has 7 heteroatoms. The monoisotopic (exact) mass is 287 g/mol. The maximum Gasteiger partial charge on any atom is 0.240 e. The summed E-state index contributed by atoms with van der Waals surface area (Å²) < 4.78 is 25.4. The molecule has 1 aromatic rings. The van der Waals surface area contributed by atoms with Crippen LogP contribution in [0, 0.1) is 0 Å². The van der Waals surface area contributed by atoms with Crippen LogP contribution in [0.1, 0.15) is 19.8 Å². The third-order valence-corrected chi connectivity index (χ3v) is 4.28. The highest BCUT2D eigenvalue weighted by Crippen LogP contribution is 2.22. The first-order valence-electron chi connectivity index (χ1n) is 6.15. The highest BCUT2D eigenvalue weighted by Gasteiger charge is 2.12. The van der Waals surface area contributed by atoms with Crippen LogP contribution in [0.3, 0.4) is 0 Å². The summed E-state index contributed by atoms with van der Waals surface area (Å²) in [5.74, 6) is 0. The molecule has 0 aliphatic heterocycles. The average molecular weight is 287 g/mol. The van der Waals surface area contributed by atoms with E-state index in [1.165, 1.54) is 19.2 Å². The molecule has 0 heterocycles. The maximum absolute atomic E-state index is 11.6. The summed E-state index contributed by atoms with van der Waals surface area (Å²) in [6.07, 6.45) is 0.987. The molecule has 0 spiro atoms. The molecular weight excluding hydrogens is 266 g/mol. The fourth-order valence-corrected chi connectivity index (χ4v) is 2.33. The second-order valence-electron chi connectivity index (χ2n) is 4.23. The van der Waals surface area contributed by atoms with Crippen LogP contribution in [0.15, 0.2) is 23.1 Å². The van der Waals surface area contributed by atoms with E-state index in [4.69, 9.17) is 5.73 Å². The van der Waals surface area contributed by atoms with Gasteiger partial charge in [-0.2, -0.15) is 0 Å². The molecule has 0 bridgehead atoms. The van der Waals surface area contributed by atoms with Crippen molar-refractivity contribution in [3.8, 4) is 0 Å². The van der Waals surface area contributed by atoms with Gasteiger partial charge in [-0.05, 0) is 38.1 Å². The molecule has 1 rings (SSSR count). The quantitative estimate of drug-likeness (QED) is 0.554. The molecule has 108 valence electrons. The lowest BCUT2D eigenvalue weighted by molar-refractivity contribution is 0.164. The van der Waals surface area contributed by atoms with Gasteiger partial charge in [-0.3, -0.25) is 0 Å². The van der Waals surface area contributed by atoms with E-state index in [0.29, 0.717) is 30.8 Å². The fraction of sp³-hybridized carbons (Fsp3) is 0.500. The number of nitrogen functional groups attached to an aromatic ring is 1. The lowest BCUT2D eigenvalue weighted by Gasteiger charge is -2.12. The van der Waals surface area contributed by atoms with Crippen molar-refractivity contribution in [1.82, 2.24) is 4.72 Å². The van der Waals surface area contributed by atoms with Gasteiger partial charge in [0, 0.05) is 6.54 Å². The molecule has 0 aliphatic carbocycles. The smallest absolute Gasteiger partial charge is 0.240 e. The van der Waals surface area contributed by atoms with Gasteiger partial charge in [-0.1, -0.05) is 6.92 Å². The number of nitrogens with one attached hydrogen (secondary N) is 2. The van der Waals surface area contributed by atoms with E-state index in [0.717, 1.165) is 0 Å². The van der Waals surface area contributed by atoms with E-state index >= 15 is 0 Å². The standard InChI is InChI=1S/C12H21N3O3S/c1-3-9(16)6-7-15-12-5-4-10(8-11(12)13)19(17,18)14-2/h4-5,8-9,14-16H,3,6-7,13H2,1-2H3. The predicted molar refractivity (Wildman–Crippen MR) is 76.5 cm³/mol. The van der Waals surface area contributed by atoms with Crippen LogP contribution in [0.5, 0.6) is 0 Å². The van der Waals surface area contributed by atoms with E-state index in [9.17, 15) is 13.5 Å². The molecule has 0 aliphatic rings. The van der Waals surface area contributed by atoms with Crippen molar-refractivity contribution in [3.63, 3.8) is 0 Å². The van der Waals surface area contributed by atoms with Crippen LogP contribution >= 0.6 is 0 Å². The predicted octanol–water partition coefficient (Wildman–Crippen LogP) is 0.750. The zero-order valence-electron chi connectivity index (χ0n) is 11.2. The summed E-state index contributed by atoms with van der Waals surface area (Å²) >= 11 is 0. The summed E-state index contributed by atoms with van der Waals surface area (Å²) in [6.45, 7) is 2.49. The molecule has 0 amide bonds. The van der Waals surface area contributed by atoms with Gasteiger partial charge in [-0.15, -0.1) is 0 Å². The van der Waals surface area contributed by atoms with Gasteiger partial charge in [0.05, 0.1) is 22.4 Å². The number of benzene rings is 1. The summed E-state index contributed by atoms with van der Waals surface area (Å²) in [5, 5.41) is 12.5. The normalized spacial score (nSPS) is 13.2. The first kappa shape index (κ1) is 15.7. The van der Waals surface area contributed by atoms with Crippen molar-refractivity contribution in [2.75, 3.05) is 24.6 Å². The molecule has 1 atom stereocenters. The number of sulfonamides is 1. The highest BCUT2D eigenvalue weighted by atomic mass is 32.2. The Morgan fingerprint density at radius 1 is 1.42 bits per heavy atom. The molecule has 0 saturated carbocycles. The van der Waals surface area contributed by atoms with Crippen LogP contribution in [-0.4, -0.2) is 33.2 Å². The third-order valence-electron chi connectivity index (χ3n) is 2.87. The Hall–Kier alpha value is -1.31. The van der Waals surface area contributed by atoms with E-state index in [1.54, 1.807) is 6.07 Å². The van der Waals surface area contributed by atoms with Gasteiger partial charge in [0.2, 0.25) is 10.0 Å². The summed E-state index contributed by atoms with van der Waals surface area (Å²) in [6, 6.07) is 4.52. The number of hydrogen-bond acceptors (Lipinski definition) is 5. The Morgan fingerprint density at radius 3 is 2.63 bits per heavy atom. The van der Waals surface area contributed by atoms with Gasteiger partial charge in [0.1, 0.15) is 0 Å². The van der Waals surface area contributed by atoms with Gasteiger partial charge in [0.25, 0.3) is 0 Å². The van der Waals surface area contributed by atoms with Crippen LogP contribution in [0.4, 0.5) is 11.4 Å². The van der Waals surface area contributed by atoms with E-state index < -0.39 is 10.0 Å². The Bertz CT molecular complexity index is 517. The van der Waals surface area contributed by atoms with Gasteiger partial charge in [-0.25, -0.2) is 13.1 Å². The van der Waals surface area contributed by atoms with Gasteiger partial charge < -0.3 is 16.2 Å². The highest BCUT2D eigenvalue weighted by molar-refractivity contribution is 7.89. The van der Waals surface area contributed by atoms with Crippen molar-refractivity contribution < 1.29 is 13.5 Å². The first-order valence-corrected chi connectivity index (χ1v) is 7.64. The zero-order valence-corrected chi connectivity index (χ0v) is 12.0. The number of hydrogen-bond donors (Lipinski definition) is 4. The summed E-state index contributed by atoms with van der Waals surface area (Å²) in [4.78, 5) is 0.131. The zero-order chi connectivity index (χ0) is 14.5. The van der Waals surface area contributed by atoms with Crippen molar-refractivity contribution >= 4 is 21.4 Å². The SMILES string of the molecule is CCC(O)CCNc1ccc(S(=O)(=O)NC)cc1N. The van der Waals surface area contributed by atoms with E-state index in [1.807, 2.05) is 6.92 Å². The Kier molecular flexibility index (Phi) is 5.59. The molecule has 0 radical (unpaired) electrons. The Balaban J connectivity index is 2.73. The summed E-state index contributed by atoms with van der Waals surface area (Å²) in [7, 11) is -2.12. The second kappa shape index (κ2) is 6.74. The molecule has 0 saturated heterocycles. The minimum Gasteiger partial charge on any atom is -0.397 e. The average Bonchev–Trinajstić information content (AvgIpc) is 2.40. The molecule has 0 aromatic heterocycles. The van der Waals surface area contributed by atoms with Crippen molar-refractivity contribution in [1.29, 1.82) is 0 Å². The molecule has 1 aromatic carbocycles. The largest absolute Gasteiger partial charge is 0.397 e. The maximum atomic E-state index is 11.6. The van der Waals surface area contributed by atoms with Gasteiger partial charge >= 0.3 is 0 Å². The lowest BCUT2D eigenvalue weighted by Crippen LogP contribution is -2.19.